The summed E-state index contributed by atoms with van der Waals surface area (Å²) in [5, 5.41) is 0. The van der Waals surface area contributed by atoms with E-state index in [-0.39, 0.29) is 12.1 Å². The second kappa shape index (κ2) is 5.04. The molecule has 1 unspecified atom stereocenters. The van der Waals surface area contributed by atoms with Crippen LogP contribution in [0.25, 0.3) is 0 Å². The van der Waals surface area contributed by atoms with E-state index in [1.165, 1.54) is 0 Å². The summed E-state index contributed by atoms with van der Waals surface area (Å²) in [6.07, 6.45) is 0.178. The number of urea groups is 1. The van der Waals surface area contributed by atoms with Gasteiger partial charge in [0.15, 0.2) is 0 Å². The van der Waals surface area contributed by atoms with Gasteiger partial charge in [-0.15, -0.1) is 0 Å². The zero-order valence-electron chi connectivity index (χ0n) is 8.08. The Morgan fingerprint density at radius 2 is 2.23 bits per heavy atom. The second-order valence-electron chi connectivity index (χ2n) is 2.85. The molecule has 1 rings (SSSR count). The largest absolute Gasteiger partial charge is 0.371 e. The Balaban J connectivity index is 2.07. The number of hydroxylamine groups is 1. The normalized spacial score (nSPS) is 19.7. The van der Waals surface area contributed by atoms with Gasteiger partial charge in [-0.25, -0.2) is 10.3 Å². The van der Waals surface area contributed by atoms with Crippen LogP contribution in [0.1, 0.15) is 13.8 Å². The maximum Gasteiger partial charge on any atom is 0.341 e. The number of carbonyl (C=O) groups is 1. The minimum atomic E-state index is -0.189. The fraction of sp³-hybridized carbons (Fsp3) is 0.875. The van der Waals surface area contributed by atoms with Crippen molar-refractivity contribution in [2.24, 2.45) is 0 Å². The van der Waals surface area contributed by atoms with Crippen LogP contribution in [-0.4, -0.2) is 43.3 Å². The molecule has 0 aromatic heterocycles. The number of epoxide rings is 1. The number of hydrogen-bond donors (Lipinski definition) is 1. The maximum absolute atomic E-state index is 11.3. The maximum atomic E-state index is 11.3. The molecule has 1 aliphatic rings. The van der Waals surface area contributed by atoms with Gasteiger partial charge in [0.05, 0.1) is 6.61 Å². The highest BCUT2D eigenvalue weighted by Crippen LogP contribution is 2.07. The topological polar surface area (TPSA) is 54.1 Å². The van der Waals surface area contributed by atoms with E-state index >= 15 is 0 Å². The van der Waals surface area contributed by atoms with Crippen molar-refractivity contribution in [2.75, 3.05) is 26.3 Å². The van der Waals surface area contributed by atoms with Crippen LogP contribution in [0.15, 0.2) is 0 Å². The van der Waals surface area contributed by atoms with Gasteiger partial charge < -0.3 is 9.64 Å². The van der Waals surface area contributed by atoms with Gasteiger partial charge in [0, 0.05) is 13.1 Å². The molecule has 76 valence electrons. The van der Waals surface area contributed by atoms with E-state index in [9.17, 15) is 4.79 Å². The van der Waals surface area contributed by atoms with Crippen molar-refractivity contribution in [3.63, 3.8) is 0 Å². The first-order valence-electron chi connectivity index (χ1n) is 4.56. The van der Waals surface area contributed by atoms with Crippen LogP contribution in [0, 0.1) is 0 Å². The van der Waals surface area contributed by atoms with Crippen LogP contribution in [0.2, 0.25) is 0 Å². The summed E-state index contributed by atoms with van der Waals surface area (Å²) >= 11 is 0. The van der Waals surface area contributed by atoms with Gasteiger partial charge in [-0.3, -0.25) is 4.84 Å². The summed E-state index contributed by atoms with van der Waals surface area (Å²) in [6.45, 7) is 6.39. The van der Waals surface area contributed by atoms with Crippen LogP contribution < -0.4 is 5.48 Å². The van der Waals surface area contributed by atoms with Gasteiger partial charge in [-0.2, -0.15) is 0 Å². The highest BCUT2D eigenvalue weighted by atomic mass is 16.7. The molecular formula is C8H16N2O3. The summed E-state index contributed by atoms with van der Waals surface area (Å²) in [5.74, 6) is 0. The molecule has 0 aliphatic carbocycles. The zero-order valence-corrected chi connectivity index (χ0v) is 8.08. The summed E-state index contributed by atoms with van der Waals surface area (Å²) < 4.78 is 4.91. The highest BCUT2D eigenvalue weighted by Gasteiger charge is 2.23. The van der Waals surface area contributed by atoms with Gasteiger partial charge in [0.1, 0.15) is 12.7 Å². The van der Waals surface area contributed by atoms with Crippen molar-refractivity contribution in [3.05, 3.63) is 0 Å². The van der Waals surface area contributed by atoms with Crippen molar-refractivity contribution in [1.29, 1.82) is 0 Å². The first-order chi connectivity index (χ1) is 6.27. The van der Waals surface area contributed by atoms with E-state index in [1.54, 1.807) is 4.90 Å². The molecule has 0 bridgehead atoms. The van der Waals surface area contributed by atoms with Crippen LogP contribution in [0.3, 0.4) is 0 Å². The molecule has 1 aliphatic heterocycles. The highest BCUT2D eigenvalue weighted by molar-refractivity contribution is 5.72. The van der Waals surface area contributed by atoms with Crippen molar-refractivity contribution in [3.8, 4) is 0 Å². The first-order valence-corrected chi connectivity index (χ1v) is 4.56. The molecule has 0 aromatic carbocycles. The summed E-state index contributed by atoms with van der Waals surface area (Å²) in [7, 11) is 0. The van der Waals surface area contributed by atoms with Crippen LogP contribution >= 0.6 is 0 Å². The molecule has 13 heavy (non-hydrogen) atoms. The lowest BCUT2D eigenvalue weighted by atomic mass is 10.5. The standard InChI is InChI=1S/C8H16N2O3/c1-3-10(4-2)8(11)9-13-6-7-5-12-7/h7H,3-6H2,1-2H3,(H,9,11). The predicted molar refractivity (Wildman–Crippen MR) is 47.1 cm³/mol. The number of nitrogens with one attached hydrogen (secondary N) is 1. The predicted octanol–water partition coefficient (Wildman–Crippen LogP) is 0.368. The van der Waals surface area contributed by atoms with Crippen LogP contribution in [0.5, 0.6) is 0 Å². The molecule has 2 amide bonds. The molecule has 0 saturated carbocycles. The Labute approximate surface area is 77.9 Å². The Morgan fingerprint density at radius 1 is 1.62 bits per heavy atom. The summed E-state index contributed by atoms with van der Waals surface area (Å²) in [6, 6.07) is -0.189. The Morgan fingerprint density at radius 3 is 2.69 bits per heavy atom. The first kappa shape index (κ1) is 10.3. The lowest BCUT2D eigenvalue weighted by Crippen LogP contribution is -2.40. The zero-order chi connectivity index (χ0) is 9.68. The molecular weight excluding hydrogens is 172 g/mol. The molecule has 5 nitrogen and oxygen atoms in total. The molecule has 1 atom stereocenters. The Kier molecular flexibility index (Phi) is 3.98. The van der Waals surface area contributed by atoms with E-state index < -0.39 is 0 Å². The minimum absolute atomic E-state index is 0.178. The van der Waals surface area contributed by atoms with Crippen LogP contribution in [0.4, 0.5) is 4.79 Å². The molecule has 1 N–H and O–H groups in total. The molecule has 0 radical (unpaired) electrons. The third-order valence-electron chi connectivity index (χ3n) is 1.88. The minimum Gasteiger partial charge on any atom is -0.371 e. The van der Waals surface area contributed by atoms with Crippen molar-refractivity contribution < 1.29 is 14.4 Å². The molecule has 0 aromatic rings. The molecule has 1 saturated heterocycles. The number of ether oxygens (including phenoxy) is 1. The number of nitrogens with zero attached hydrogens (tertiary/aromatic N) is 1. The summed E-state index contributed by atoms with van der Waals surface area (Å²) in [5.41, 5.74) is 2.36. The smallest absolute Gasteiger partial charge is 0.341 e. The second-order valence-corrected chi connectivity index (χ2v) is 2.85. The van der Waals surface area contributed by atoms with Gasteiger partial charge >= 0.3 is 6.03 Å². The van der Waals surface area contributed by atoms with Gasteiger partial charge in [0.2, 0.25) is 0 Å². The van der Waals surface area contributed by atoms with Gasteiger partial charge in [0.25, 0.3) is 0 Å². The van der Waals surface area contributed by atoms with Crippen molar-refractivity contribution >= 4 is 6.03 Å². The monoisotopic (exact) mass is 188 g/mol. The number of carbonyl (C=O) groups excluding carboxylic acids is 1. The van der Waals surface area contributed by atoms with E-state index in [0.717, 1.165) is 6.61 Å². The van der Waals surface area contributed by atoms with Gasteiger partial charge in [-0.05, 0) is 13.8 Å². The average Bonchev–Trinajstić information content (AvgIpc) is 2.90. The number of amides is 2. The van der Waals surface area contributed by atoms with E-state index in [4.69, 9.17) is 9.57 Å². The molecule has 5 heteroatoms. The summed E-state index contributed by atoms with van der Waals surface area (Å²) in [4.78, 5) is 17.8. The van der Waals surface area contributed by atoms with Crippen LogP contribution in [-0.2, 0) is 9.57 Å². The Bertz CT molecular complexity index is 167. The third-order valence-corrected chi connectivity index (χ3v) is 1.88. The van der Waals surface area contributed by atoms with E-state index in [0.29, 0.717) is 19.7 Å². The van der Waals surface area contributed by atoms with Crippen molar-refractivity contribution in [1.82, 2.24) is 10.4 Å². The van der Waals surface area contributed by atoms with Gasteiger partial charge in [-0.1, -0.05) is 0 Å². The fourth-order valence-electron chi connectivity index (χ4n) is 0.936. The average molecular weight is 188 g/mol. The number of hydrogen-bond acceptors (Lipinski definition) is 3. The lowest BCUT2D eigenvalue weighted by molar-refractivity contribution is 0.0395. The third kappa shape index (κ3) is 3.61. The number of rotatable bonds is 5. The fourth-order valence-corrected chi connectivity index (χ4v) is 0.936. The van der Waals surface area contributed by atoms with E-state index in [2.05, 4.69) is 5.48 Å². The lowest BCUT2D eigenvalue weighted by Gasteiger charge is -2.18. The molecule has 0 spiro atoms. The molecule has 1 heterocycles. The quantitative estimate of drug-likeness (QED) is 0.501. The molecule has 1 fully saturated rings. The van der Waals surface area contributed by atoms with Crippen molar-refractivity contribution in [2.45, 2.75) is 20.0 Å². The SMILES string of the molecule is CCN(CC)C(=O)NOCC1CO1. The van der Waals surface area contributed by atoms with E-state index in [1.807, 2.05) is 13.8 Å². The Hall–Kier alpha value is -0.810.